The fourth-order valence-corrected chi connectivity index (χ4v) is 1.95. The smallest absolute Gasteiger partial charge is 0.271 e. The van der Waals surface area contributed by atoms with E-state index in [0.29, 0.717) is 13.0 Å². The minimum atomic E-state index is -1.96. The van der Waals surface area contributed by atoms with E-state index in [1.165, 1.54) is 10.7 Å². The normalized spacial score (nSPS) is 18.2. The maximum atomic E-state index is 11.2. The second-order valence-electron chi connectivity index (χ2n) is 2.44. The summed E-state index contributed by atoms with van der Waals surface area (Å²) in [6.07, 6.45) is 2.77. The molecule has 0 bridgehead atoms. The lowest BCUT2D eigenvalue weighted by Gasteiger charge is -1.97. The number of hydrogen-bond acceptors (Lipinski definition) is 3. The van der Waals surface area contributed by atoms with Gasteiger partial charge in [-0.15, -0.1) is 15.8 Å². The fourth-order valence-electron chi connectivity index (χ4n) is 0.993. The molecular formula is C7H11NO3P+. The molecule has 1 fully saturated rings. The average Bonchev–Trinajstić information content (AvgIpc) is 2.47. The first-order chi connectivity index (χ1) is 5.75. The number of rotatable bonds is 4. The monoisotopic (exact) mass is 188 g/mol. The molecule has 1 unspecified atom stereocenters. The van der Waals surface area contributed by atoms with Crippen LogP contribution >= 0.6 is 8.18 Å². The van der Waals surface area contributed by atoms with Gasteiger partial charge >= 0.3 is 8.18 Å². The molecule has 1 saturated heterocycles. The van der Waals surface area contributed by atoms with Crippen molar-refractivity contribution in [3.05, 3.63) is 12.7 Å². The van der Waals surface area contributed by atoms with Gasteiger partial charge in [0.1, 0.15) is 6.61 Å². The standard InChI is InChI=1S/C7H11NO3P/c1-2-6-11-12(10)8-5-3-4-7(8)9/h2H,1,3-6H2/q+1. The van der Waals surface area contributed by atoms with Gasteiger partial charge < -0.3 is 0 Å². The average molecular weight is 188 g/mol. The molecule has 12 heavy (non-hydrogen) atoms. The van der Waals surface area contributed by atoms with Gasteiger partial charge in [-0.3, -0.25) is 4.79 Å². The highest BCUT2D eigenvalue weighted by atomic mass is 31.1. The largest absolute Gasteiger partial charge is 0.648 e. The van der Waals surface area contributed by atoms with Gasteiger partial charge in [-0.05, 0) is 11.0 Å². The molecule has 0 N–H and O–H groups in total. The molecule has 1 amide bonds. The Hall–Kier alpha value is -0.730. The maximum Gasteiger partial charge on any atom is 0.648 e. The van der Waals surface area contributed by atoms with Crippen LogP contribution in [0.4, 0.5) is 0 Å². The first-order valence-corrected chi connectivity index (χ1v) is 4.90. The van der Waals surface area contributed by atoms with Crippen molar-refractivity contribution >= 4 is 14.1 Å². The van der Waals surface area contributed by atoms with Gasteiger partial charge in [-0.2, -0.15) is 0 Å². The van der Waals surface area contributed by atoms with Crippen molar-refractivity contribution in [1.29, 1.82) is 0 Å². The van der Waals surface area contributed by atoms with Crippen LogP contribution in [-0.4, -0.2) is 23.7 Å². The predicted octanol–water partition coefficient (Wildman–Crippen LogP) is 1.47. The molecule has 0 aromatic heterocycles. The molecule has 0 aliphatic carbocycles. The lowest BCUT2D eigenvalue weighted by Crippen LogP contribution is -2.16. The third-order valence-corrected chi connectivity index (χ3v) is 2.74. The van der Waals surface area contributed by atoms with E-state index < -0.39 is 8.18 Å². The van der Waals surface area contributed by atoms with Crippen molar-refractivity contribution in [2.24, 2.45) is 0 Å². The van der Waals surface area contributed by atoms with Gasteiger partial charge in [0.2, 0.25) is 0 Å². The van der Waals surface area contributed by atoms with E-state index in [1.807, 2.05) is 0 Å². The zero-order chi connectivity index (χ0) is 8.97. The van der Waals surface area contributed by atoms with E-state index in [4.69, 9.17) is 4.52 Å². The van der Waals surface area contributed by atoms with Crippen LogP contribution in [-0.2, 0) is 13.9 Å². The Balaban J connectivity index is 2.40. The van der Waals surface area contributed by atoms with E-state index >= 15 is 0 Å². The summed E-state index contributed by atoms with van der Waals surface area (Å²) in [7, 11) is -1.96. The maximum absolute atomic E-state index is 11.2. The molecule has 1 heterocycles. The van der Waals surface area contributed by atoms with Crippen molar-refractivity contribution in [2.45, 2.75) is 12.8 Å². The van der Waals surface area contributed by atoms with Gasteiger partial charge in [0.25, 0.3) is 5.91 Å². The summed E-state index contributed by atoms with van der Waals surface area (Å²) in [4.78, 5) is 11.0. The Morgan fingerprint density at radius 2 is 2.50 bits per heavy atom. The summed E-state index contributed by atoms with van der Waals surface area (Å²) in [5.41, 5.74) is 0. The molecule has 1 aliphatic rings. The van der Waals surface area contributed by atoms with Gasteiger partial charge in [0.15, 0.2) is 0 Å². The number of carbonyl (C=O) groups is 1. The Morgan fingerprint density at radius 1 is 1.75 bits per heavy atom. The quantitative estimate of drug-likeness (QED) is 0.495. The third-order valence-electron chi connectivity index (χ3n) is 1.55. The third kappa shape index (κ3) is 2.13. The van der Waals surface area contributed by atoms with Gasteiger partial charge in [0.05, 0.1) is 6.54 Å². The van der Waals surface area contributed by atoms with Crippen LogP contribution < -0.4 is 0 Å². The zero-order valence-electron chi connectivity index (χ0n) is 6.73. The van der Waals surface area contributed by atoms with E-state index in [0.717, 1.165) is 6.42 Å². The first-order valence-electron chi connectivity index (χ1n) is 3.77. The highest BCUT2D eigenvalue weighted by molar-refractivity contribution is 7.37. The van der Waals surface area contributed by atoms with Crippen molar-refractivity contribution < 1.29 is 13.9 Å². The van der Waals surface area contributed by atoms with E-state index in [9.17, 15) is 9.36 Å². The van der Waals surface area contributed by atoms with Crippen molar-refractivity contribution in [3.63, 3.8) is 0 Å². The van der Waals surface area contributed by atoms with Crippen molar-refractivity contribution in [3.8, 4) is 0 Å². The molecule has 0 aromatic carbocycles. The molecule has 1 atom stereocenters. The van der Waals surface area contributed by atoms with Crippen LogP contribution in [0.1, 0.15) is 12.8 Å². The minimum Gasteiger partial charge on any atom is -0.271 e. The molecule has 1 aliphatic heterocycles. The first kappa shape index (κ1) is 9.36. The van der Waals surface area contributed by atoms with Crippen LogP contribution in [0.2, 0.25) is 0 Å². The highest BCUT2D eigenvalue weighted by Crippen LogP contribution is 2.32. The Bertz CT molecular complexity index is 217. The lowest BCUT2D eigenvalue weighted by atomic mass is 10.4. The molecule has 0 radical (unpaired) electrons. The number of carbonyl (C=O) groups excluding carboxylic acids is 1. The highest BCUT2D eigenvalue weighted by Gasteiger charge is 2.38. The molecular weight excluding hydrogens is 177 g/mol. The predicted molar refractivity (Wildman–Crippen MR) is 44.7 cm³/mol. The molecule has 1 rings (SSSR count). The molecule has 0 aromatic rings. The molecule has 0 saturated carbocycles. The van der Waals surface area contributed by atoms with Crippen LogP contribution in [0.3, 0.4) is 0 Å². The second kappa shape index (κ2) is 4.33. The summed E-state index contributed by atoms with van der Waals surface area (Å²) in [5.74, 6) is -0.0832. The summed E-state index contributed by atoms with van der Waals surface area (Å²) in [5, 5.41) is 0. The molecule has 4 nitrogen and oxygen atoms in total. The number of nitrogens with zero attached hydrogens (tertiary/aromatic N) is 1. The number of amides is 1. The summed E-state index contributed by atoms with van der Waals surface area (Å²) < 4.78 is 17.3. The number of hydrogen-bond donors (Lipinski definition) is 0. The van der Waals surface area contributed by atoms with Crippen LogP contribution in [0.5, 0.6) is 0 Å². The van der Waals surface area contributed by atoms with Crippen LogP contribution in [0, 0.1) is 0 Å². The molecule has 5 heteroatoms. The van der Waals surface area contributed by atoms with E-state index in [-0.39, 0.29) is 12.5 Å². The SMILES string of the molecule is C=CCO[P+](=O)N1CCCC1=O. The molecule has 66 valence electrons. The van der Waals surface area contributed by atoms with Gasteiger partial charge in [-0.25, -0.2) is 0 Å². The van der Waals surface area contributed by atoms with Crippen molar-refractivity contribution in [1.82, 2.24) is 4.67 Å². The topological polar surface area (TPSA) is 46.6 Å². The fraction of sp³-hybridized carbons (Fsp3) is 0.571. The van der Waals surface area contributed by atoms with E-state index in [2.05, 4.69) is 6.58 Å². The Kier molecular flexibility index (Phi) is 3.38. The van der Waals surface area contributed by atoms with Gasteiger partial charge in [-0.1, -0.05) is 6.08 Å². The Labute approximate surface area is 72.1 Å². The summed E-state index contributed by atoms with van der Waals surface area (Å²) in [6, 6.07) is 0. The summed E-state index contributed by atoms with van der Waals surface area (Å²) in [6.45, 7) is 4.19. The summed E-state index contributed by atoms with van der Waals surface area (Å²) >= 11 is 0. The van der Waals surface area contributed by atoms with Crippen LogP contribution in [0.25, 0.3) is 0 Å². The minimum absolute atomic E-state index is 0.0832. The molecule has 0 spiro atoms. The lowest BCUT2D eigenvalue weighted by molar-refractivity contribution is -0.124. The van der Waals surface area contributed by atoms with Crippen LogP contribution in [0.15, 0.2) is 12.7 Å². The second-order valence-corrected chi connectivity index (χ2v) is 3.66. The Morgan fingerprint density at radius 3 is 3.00 bits per heavy atom. The zero-order valence-corrected chi connectivity index (χ0v) is 7.63. The van der Waals surface area contributed by atoms with Crippen molar-refractivity contribution in [2.75, 3.05) is 13.2 Å². The van der Waals surface area contributed by atoms with Gasteiger partial charge in [0, 0.05) is 6.42 Å². The van der Waals surface area contributed by atoms with E-state index in [1.54, 1.807) is 0 Å².